The Morgan fingerprint density at radius 2 is 2.05 bits per heavy atom. The van der Waals surface area contributed by atoms with Crippen molar-refractivity contribution in [3.63, 3.8) is 0 Å². The van der Waals surface area contributed by atoms with Gasteiger partial charge in [-0.3, -0.25) is 0 Å². The van der Waals surface area contributed by atoms with Gasteiger partial charge in [0.1, 0.15) is 0 Å². The monoisotopic (exact) mass is 279 g/mol. The van der Waals surface area contributed by atoms with Gasteiger partial charge in [0.05, 0.1) is 6.10 Å². The Labute approximate surface area is 121 Å². The van der Waals surface area contributed by atoms with Crippen LogP contribution in [0.15, 0.2) is 18.2 Å². The number of nitrogens with one attached hydrogen (secondary N) is 1. The average molecular weight is 279 g/mol. The standard InChI is InChI=1S/C17H26FNO/c1-4-19-11-14-6-5-7-16(18)17(14)20-15-9-8-12(2)13(3)10-15/h5-7,12-13,15,19H,4,8-11H2,1-3H3. The highest BCUT2D eigenvalue weighted by Gasteiger charge is 2.27. The van der Waals surface area contributed by atoms with Gasteiger partial charge < -0.3 is 10.1 Å². The van der Waals surface area contributed by atoms with Crippen LogP contribution in [0.1, 0.15) is 45.6 Å². The van der Waals surface area contributed by atoms with Crippen LogP contribution in [0.3, 0.4) is 0 Å². The first-order chi connectivity index (χ1) is 9.61. The summed E-state index contributed by atoms with van der Waals surface area (Å²) in [6.45, 7) is 8.13. The molecule has 1 aromatic carbocycles. The molecule has 0 radical (unpaired) electrons. The lowest BCUT2D eigenvalue weighted by Gasteiger charge is -2.32. The Hall–Kier alpha value is -1.09. The van der Waals surface area contributed by atoms with Crippen molar-refractivity contribution in [3.05, 3.63) is 29.6 Å². The summed E-state index contributed by atoms with van der Waals surface area (Å²) in [6, 6.07) is 5.18. The molecule has 3 atom stereocenters. The number of benzene rings is 1. The molecule has 1 fully saturated rings. The van der Waals surface area contributed by atoms with Gasteiger partial charge in [-0.1, -0.05) is 32.9 Å². The van der Waals surface area contributed by atoms with Crippen LogP contribution in [-0.2, 0) is 6.54 Å². The zero-order valence-corrected chi connectivity index (χ0v) is 12.8. The highest BCUT2D eigenvalue weighted by Crippen LogP contribution is 2.33. The normalized spacial score (nSPS) is 26.5. The summed E-state index contributed by atoms with van der Waals surface area (Å²) >= 11 is 0. The minimum absolute atomic E-state index is 0.151. The van der Waals surface area contributed by atoms with Crippen molar-refractivity contribution in [1.29, 1.82) is 0 Å². The van der Waals surface area contributed by atoms with Crippen LogP contribution in [0.25, 0.3) is 0 Å². The van der Waals surface area contributed by atoms with Crippen LogP contribution in [0.2, 0.25) is 0 Å². The largest absolute Gasteiger partial charge is 0.487 e. The molecule has 3 heteroatoms. The van der Waals surface area contributed by atoms with E-state index in [0.717, 1.165) is 30.9 Å². The molecular weight excluding hydrogens is 253 g/mol. The molecule has 0 spiro atoms. The molecule has 1 N–H and O–H groups in total. The highest BCUT2D eigenvalue weighted by molar-refractivity contribution is 5.35. The maximum Gasteiger partial charge on any atom is 0.165 e. The third kappa shape index (κ3) is 3.72. The zero-order chi connectivity index (χ0) is 14.5. The third-order valence-corrected chi connectivity index (χ3v) is 4.45. The summed E-state index contributed by atoms with van der Waals surface area (Å²) in [5.41, 5.74) is 0.915. The van der Waals surface area contributed by atoms with Crippen LogP contribution in [-0.4, -0.2) is 12.6 Å². The van der Waals surface area contributed by atoms with Gasteiger partial charge in [0.15, 0.2) is 11.6 Å². The lowest BCUT2D eigenvalue weighted by atomic mass is 9.80. The van der Waals surface area contributed by atoms with Gasteiger partial charge in [0.2, 0.25) is 0 Å². The molecule has 20 heavy (non-hydrogen) atoms. The Balaban J connectivity index is 2.08. The summed E-state index contributed by atoms with van der Waals surface area (Å²) in [5.74, 6) is 1.60. The fourth-order valence-corrected chi connectivity index (χ4v) is 2.86. The summed E-state index contributed by atoms with van der Waals surface area (Å²) in [4.78, 5) is 0. The van der Waals surface area contributed by atoms with Crippen LogP contribution < -0.4 is 10.1 Å². The second-order valence-corrected chi connectivity index (χ2v) is 6.02. The first-order valence-corrected chi connectivity index (χ1v) is 7.76. The van der Waals surface area contributed by atoms with Crippen molar-refractivity contribution in [2.24, 2.45) is 11.8 Å². The SMILES string of the molecule is CCNCc1cccc(F)c1OC1CCC(C)C(C)C1. The van der Waals surface area contributed by atoms with Crippen molar-refractivity contribution >= 4 is 0 Å². The van der Waals surface area contributed by atoms with Gasteiger partial charge in [-0.15, -0.1) is 0 Å². The topological polar surface area (TPSA) is 21.3 Å². The lowest BCUT2D eigenvalue weighted by molar-refractivity contribution is 0.0957. The number of halogens is 1. The minimum Gasteiger partial charge on any atom is -0.487 e. The summed E-state index contributed by atoms with van der Waals surface area (Å²) in [7, 11) is 0. The molecule has 2 nitrogen and oxygen atoms in total. The molecule has 0 amide bonds. The van der Waals surface area contributed by atoms with E-state index in [0.29, 0.717) is 18.2 Å². The number of para-hydroxylation sites is 1. The van der Waals surface area contributed by atoms with E-state index in [1.165, 1.54) is 12.5 Å². The molecule has 1 aliphatic carbocycles. The van der Waals surface area contributed by atoms with Crippen LogP contribution in [0.4, 0.5) is 4.39 Å². The van der Waals surface area contributed by atoms with Crippen LogP contribution in [0.5, 0.6) is 5.75 Å². The molecule has 0 bridgehead atoms. The third-order valence-electron chi connectivity index (χ3n) is 4.45. The highest BCUT2D eigenvalue weighted by atomic mass is 19.1. The van der Waals surface area contributed by atoms with Gasteiger partial charge in [-0.2, -0.15) is 0 Å². The van der Waals surface area contributed by atoms with Gasteiger partial charge >= 0.3 is 0 Å². The average Bonchev–Trinajstić information content (AvgIpc) is 2.43. The first-order valence-electron chi connectivity index (χ1n) is 7.76. The Kier molecular flexibility index (Phi) is 5.41. The van der Waals surface area contributed by atoms with E-state index in [9.17, 15) is 4.39 Å². The lowest BCUT2D eigenvalue weighted by Crippen LogP contribution is -2.29. The van der Waals surface area contributed by atoms with Crippen molar-refractivity contribution in [2.45, 2.75) is 52.7 Å². The summed E-state index contributed by atoms with van der Waals surface area (Å²) in [6.07, 6.45) is 3.37. The Morgan fingerprint density at radius 1 is 1.25 bits per heavy atom. The summed E-state index contributed by atoms with van der Waals surface area (Å²) < 4.78 is 20.1. The molecule has 112 valence electrons. The number of hydrogen-bond acceptors (Lipinski definition) is 2. The van der Waals surface area contributed by atoms with Crippen molar-refractivity contribution in [3.8, 4) is 5.75 Å². The van der Waals surface area contributed by atoms with Gasteiger partial charge in [-0.25, -0.2) is 4.39 Å². The van der Waals surface area contributed by atoms with Crippen molar-refractivity contribution in [1.82, 2.24) is 5.32 Å². The van der Waals surface area contributed by atoms with Gasteiger partial charge in [0, 0.05) is 12.1 Å². The maximum atomic E-state index is 14.1. The smallest absolute Gasteiger partial charge is 0.165 e. The molecule has 0 heterocycles. The van der Waals surface area contributed by atoms with E-state index in [1.807, 2.05) is 13.0 Å². The van der Waals surface area contributed by atoms with Crippen LogP contribution >= 0.6 is 0 Å². The fourth-order valence-electron chi connectivity index (χ4n) is 2.86. The Bertz CT molecular complexity index is 435. The van der Waals surface area contributed by atoms with Crippen LogP contribution in [0, 0.1) is 17.7 Å². The van der Waals surface area contributed by atoms with E-state index >= 15 is 0 Å². The first kappa shape index (κ1) is 15.3. The van der Waals surface area contributed by atoms with Crippen molar-refractivity contribution in [2.75, 3.05) is 6.54 Å². The zero-order valence-electron chi connectivity index (χ0n) is 12.8. The summed E-state index contributed by atoms with van der Waals surface area (Å²) in [5, 5.41) is 3.24. The van der Waals surface area contributed by atoms with E-state index in [2.05, 4.69) is 19.2 Å². The molecule has 0 saturated heterocycles. The van der Waals surface area contributed by atoms with Gasteiger partial charge in [-0.05, 0) is 43.7 Å². The van der Waals surface area contributed by atoms with E-state index in [-0.39, 0.29) is 11.9 Å². The van der Waals surface area contributed by atoms with Crippen molar-refractivity contribution < 1.29 is 9.13 Å². The number of ether oxygens (including phenoxy) is 1. The van der Waals surface area contributed by atoms with E-state index in [4.69, 9.17) is 4.74 Å². The van der Waals surface area contributed by atoms with Gasteiger partial charge in [0.25, 0.3) is 0 Å². The van der Waals surface area contributed by atoms with E-state index in [1.54, 1.807) is 6.07 Å². The molecule has 0 aromatic heterocycles. The fraction of sp³-hybridized carbons (Fsp3) is 0.647. The minimum atomic E-state index is -0.244. The quantitative estimate of drug-likeness (QED) is 0.874. The van der Waals surface area contributed by atoms with E-state index < -0.39 is 0 Å². The Morgan fingerprint density at radius 3 is 2.75 bits per heavy atom. The predicted octanol–water partition coefficient (Wildman–Crippen LogP) is 4.14. The predicted molar refractivity (Wildman–Crippen MR) is 80.4 cm³/mol. The molecule has 1 aromatic rings. The number of hydrogen-bond donors (Lipinski definition) is 1. The number of rotatable bonds is 5. The molecule has 3 unspecified atom stereocenters. The second kappa shape index (κ2) is 7.07. The molecule has 0 aliphatic heterocycles. The molecule has 1 saturated carbocycles. The molecular formula is C17H26FNO. The maximum absolute atomic E-state index is 14.1. The molecule has 1 aliphatic rings. The molecule has 2 rings (SSSR count). The second-order valence-electron chi connectivity index (χ2n) is 6.02.